The molecule has 0 radical (unpaired) electrons. The van der Waals surface area contributed by atoms with E-state index in [1.165, 1.54) is 38.1 Å². The van der Waals surface area contributed by atoms with Crippen LogP contribution in [0.25, 0.3) is 0 Å². The summed E-state index contributed by atoms with van der Waals surface area (Å²) < 4.78 is 38.3. The molecule has 0 aliphatic carbocycles. The van der Waals surface area contributed by atoms with Gasteiger partial charge in [0.05, 0.1) is 38.0 Å². The van der Waals surface area contributed by atoms with Crippen LogP contribution in [0.1, 0.15) is 38.1 Å². The van der Waals surface area contributed by atoms with Crippen LogP contribution in [0.5, 0.6) is 0 Å². The Morgan fingerprint density at radius 3 is 2.00 bits per heavy atom. The van der Waals surface area contributed by atoms with Gasteiger partial charge in [0.15, 0.2) is 18.5 Å². The van der Waals surface area contributed by atoms with Gasteiger partial charge in [0.25, 0.3) is 11.6 Å². The van der Waals surface area contributed by atoms with Crippen LogP contribution in [0.2, 0.25) is 0 Å². The number of non-ortho nitro benzene ring substituents is 1. The van der Waals surface area contributed by atoms with Crippen molar-refractivity contribution in [1.82, 2.24) is 10.6 Å². The van der Waals surface area contributed by atoms with Crippen LogP contribution in [-0.4, -0.2) is 111 Å². The number of carbonyl (C=O) groups excluding carboxylic acids is 5. The minimum atomic E-state index is -1.23. The minimum Gasteiger partial charge on any atom is -0.463 e. The molecule has 2 amide bonds. The molecule has 1 aliphatic rings. The number of nitrogens with zero attached hydrogens (tertiary/aromatic N) is 1. The highest BCUT2D eigenvalue weighted by molar-refractivity contribution is 5.94. The number of ether oxygens (including phenoxy) is 7. The van der Waals surface area contributed by atoms with Gasteiger partial charge in [0, 0.05) is 51.9 Å². The van der Waals surface area contributed by atoms with Crippen LogP contribution in [-0.2, 0) is 52.3 Å². The summed E-state index contributed by atoms with van der Waals surface area (Å²) >= 11 is 0. The fraction of sp³-hybridized carbons (Fsp3) is 0.593. The topological polar surface area (TPSA) is 217 Å². The Morgan fingerprint density at radius 2 is 1.43 bits per heavy atom. The maximum absolute atomic E-state index is 12.1. The highest BCUT2D eigenvalue weighted by Gasteiger charge is 2.51. The number of rotatable bonds is 17. The zero-order valence-electron chi connectivity index (χ0n) is 24.8. The van der Waals surface area contributed by atoms with Crippen molar-refractivity contribution >= 4 is 35.4 Å². The van der Waals surface area contributed by atoms with Gasteiger partial charge in [-0.2, -0.15) is 0 Å². The first-order valence-electron chi connectivity index (χ1n) is 13.6. The number of nitro groups is 1. The van der Waals surface area contributed by atoms with E-state index in [0.717, 1.165) is 13.8 Å². The zero-order chi connectivity index (χ0) is 32.6. The summed E-state index contributed by atoms with van der Waals surface area (Å²) in [7, 11) is 0. The number of esters is 3. The Labute approximate surface area is 252 Å². The van der Waals surface area contributed by atoms with E-state index in [2.05, 4.69) is 10.6 Å². The van der Waals surface area contributed by atoms with E-state index >= 15 is 0 Å². The number of hydrogen-bond donors (Lipinski definition) is 2. The maximum Gasteiger partial charge on any atom is 0.303 e. The summed E-state index contributed by atoms with van der Waals surface area (Å²) in [5.41, 5.74) is 0.164. The van der Waals surface area contributed by atoms with Crippen molar-refractivity contribution in [3.8, 4) is 0 Å². The molecule has 0 bridgehead atoms. The predicted molar refractivity (Wildman–Crippen MR) is 147 cm³/mol. The minimum absolute atomic E-state index is 0.0304. The standard InChI is InChI=1S/C27H37N3O14/c1-16(31)29-23-25(43-19(4)34)24(42-18(3)33)22(15-41-17(2)32)44-27(23)40-14-13-39-12-11-38-10-9-28-26(35)20-5-7-21(8-6-20)30(36)37/h5-8,22-25,27H,9-15H2,1-4H3,(H,28,35)(H,29,31). The quantitative estimate of drug-likeness (QED) is 0.0766. The predicted octanol–water partition coefficient (Wildman–Crippen LogP) is 0.0305. The van der Waals surface area contributed by atoms with Gasteiger partial charge in [0.1, 0.15) is 18.8 Å². The molecule has 44 heavy (non-hydrogen) atoms. The van der Waals surface area contributed by atoms with Gasteiger partial charge in [-0.15, -0.1) is 0 Å². The van der Waals surface area contributed by atoms with Gasteiger partial charge in [-0.25, -0.2) is 0 Å². The van der Waals surface area contributed by atoms with Crippen molar-refractivity contribution in [3.05, 3.63) is 39.9 Å². The van der Waals surface area contributed by atoms with Crippen molar-refractivity contribution < 1.29 is 62.1 Å². The molecule has 5 atom stereocenters. The Kier molecular flexibility index (Phi) is 15.1. The lowest BCUT2D eigenvalue weighted by molar-refractivity contribution is -0.384. The zero-order valence-corrected chi connectivity index (χ0v) is 24.8. The summed E-state index contributed by atoms with van der Waals surface area (Å²) in [6, 6.07) is 4.11. The van der Waals surface area contributed by atoms with E-state index in [1.807, 2.05) is 0 Å². The first-order valence-corrected chi connectivity index (χ1v) is 13.6. The van der Waals surface area contributed by atoms with E-state index < -0.39 is 65.3 Å². The lowest BCUT2D eigenvalue weighted by atomic mass is 9.96. The van der Waals surface area contributed by atoms with E-state index in [0.29, 0.717) is 0 Å². The van der Waals surface area contributed by atoms with Crippen LogP contribution in [0.3, 0.4) is 0 Å². The van der Waals surface area contributed by atoms with E-state index in [1.54, 1.807) is 0 Å². The fourth-order valence-electron chi connectivity index (χ4n) is 4.05. The van der Waals surface area contributed by atoms with E-state index in [4.69, 9.17) is 33.2 Å². The Bertz CT molecular complexity index is 1150. The molecule has 17 nitrogen and oxygen atoms in total. The molecule has 1 heterocycles. The fourth-order valence-corrected chi connectivity index (χ4v) is 4.05. The summed E-state index contributed by atoms with van der Waals surface area (Å²) in [6.45, 7) is 5.17. The maximum atomic E-state index is 12.1. The number of hydrogen-bond acceptors (Lipinski definition) is 14. The highest BCUT2D eigenvalue weighted by atomic mass is 16.7. The van der Waals surface area contributed by atoms with Gasteiger partial charge in [-0.1, -0.05) is 0 Å². The average molecular weight is 628 g/mol. The van der Waals surface area contributed by atoms with Crippen molar-refractivity contribution in [1.29, 1.82) is 0 Å². The number of benzene rings is 1. The molecular formula is C27H37N3O14. The van der Waals surface area contributed by atoms with Crippen molar-refractivity contribution in [2.75, 3.05) is 46.2 Å². The van der Waals surface area contributed by atoms with Crippen LogP contribution in [0.4, 0.5) is 5.69 Å². The molecule has 2 N–H and O–H groups in total. The smallest absolute Gasteiger partial charge is 0.303 e. The Balaban J connectivity index is 1.82. The summed E-state index contributed by atoms with van der Waals surface area (Å²) in [6.07, 6.45) is -4.73. The van der Waals surface area contributed by atoms with E-state index in [9.17, 15) is 34.1 Å². The third-order valence-corrected chi connectivity index (χ3v) is 5.83. The third kappa shape index (κ3) is 12.6. The highest BCUT2D eigenvalue weighted by Crippen LogP contribution is 2.28. The molecule has 17 heteroatoms. The normalized spacial score (nSPS) is 21.0. The Morgan fingerprint density at radius 1 is 0.841 bits per heavy atom. The van der Waals surface area contributed by atoms with Crippen LogP contribution >= 0.6 is 0 Å². The third-order valence-electron chi connectivity index (χ3n) is 5.83. The number of amides is 2. The average Bonchev–Trinajstić information content (AvgIpc) is 2.95. The molecular weight excluding hydrogens is 590 g/mol. The van der Waals surface area contributed by atoms with E-state index in [-0.39, 0.29) is 57.4 Å². The summed E-state index contributed by atoms with van der Waals surface area (Å²) in [5.74, 6) is -2.95. The first-order chi connectivity index (χ1) is 20.9. The molecule has 1 aromatic rings. The molecule has 0 saturated carbocycles. The van der Waals surface area contributed by atoms with Gasteiger partial charge >= 0.3 is 17.9 Å². The lowest BCUT2D eigenvalue weighted by Gasteiger charge is -2.44. The molecule has 2 rings (SSSR count). The molecule has 1 saturated heterocycles. The number of nitro benzene ring substituents is 1. The molecule has 0 aromatic heterocycles. The van der Waals surface area contributed by atoms with Crippen molar-refractivity contribution in [2.24, 2.45) is 0 Å². The SMILES string of the molecule is CC(=O)NC1C(OCCOCCOCCNC(=O)c2ccc([N+](=O)[O-])cc2)OC(COC(C)=O)C(OC(C)=O)C1OC(C)=O. The number of nitrogens with one attached hydrogen (secondary N) is 2. The molecule has 1 fully saturated rings. The van der Waals surface area contributed by atoms with Crippen molar-refractivity contribution in [2.45, 2.75) is 58.3 Å². The summed E-state index contributed by atoms with van der Waals surface area (Å²) in [4.78, 5) is 69.3. The largest absolute Gasteiger partial charge is 0.463 e. The monoisotopic (exact) mass is 627 g/mol. The Hall–Kier alpha value is -4.19. The second kappa shape index (κ2) is 18.5. The first kappa shape index (κ1) is 36.0. The second-order valence-electron chi connectivity index (χ2n) is 9.38. The second-order valence-corrected chi connectivity index (χ2v) is 9.38. The van der Waals surface area contributed by atoms with Crippen LogP contribution < -0.4 is 10.6 Å². The van der Waals surface area contributed by atoms with Crippen LogP contribution in [0, 0.1) is 10.1 Å². The molecule has 244 valence electrons. The van der Waals surface area contributed by atoms with Crippen LogP contribution in [0.15, 0.2) is 24.3 Å². The van der Waals surface area contributed by atoms with Gasteiger partial charge < -0.3 is 43.8 Å². The number of carbonyl (C=O) groups is 5. The molecule has 1 aromatic carbocycles. The van der Waals surface area contributed by atoms with Crippen molar-refractivity contribution in [3.63, 3.8) is 0 Å². The molecule has 1 aliphatic heterocycles. The van der Waals surface area contributed by atoms with Gasteiger partial charge in [0.2, 0.25) is 5.91 Å². The molecule has 5 unspecified atom stereocenters. The summed E-state index contributed by atoms with van der Waals surface area (Å²) in [5, 5.41) is 15.9. The molecule has 0 spiro atoms. The van der Waals surface area contributed by atoms with Gasteiger partial charge in [-0.3, -0.25) is 34.1 Å². The lowest BCUT2D eigenvalue weighted by Crippen LogP contribution is -2.66. The van der Waals surface area contributed by atoms with Gasteiger partial charge in [-0.05, 0) is 12.1 Å².